The summed E-state index contributed by atoms with van der Waals surface area (Å²) < 4.78 is 11.9. The highest BCUT2D eigenvalue weighted by Crippen LogP contribution is 2.33. The molecule has 0 radical (unpaired) electrons. The van der Waals surface area contributed by atoms with E-state index in [4.69, 9.17) is 9.47 Å². The number of benzene rings is 3. The highest BCUT2D eigenvalue weighted by atomic mass is 79.9. The first-order valence-corrected chi connectivity index (χ1v) is 7.94. The first-order valence-electron chi connectivity index (χ1n) is 7.14. The van der Waals surface area contributed by atoms with Gasteiger partial charge in [-0.05, 0) is 50.5 Å². The first kappa shape index (κ1) is 15.6. The minimum absolute atomic E-state index is 0.425. The SMILES string of the molecule is COc1cc(C=O)c(Br)cc1OCc1ccc2ccccc2c1. The Kier molecular flexibility index (Phi) is 4.63. The molecule has 0 atom stereocenters. The molecule has 0 bridgehead atoms. The lowest BCUT2D eigenvalue weighted by molar-refractivity contribution is 0.112. The lowest BCUT2D eigenvalue weighted by Crippen LogP contribution is -1.99. The van der Waals surface area contributed by atoms with Crippen LogP contribution in [0.25, 0.3) is 10.8 Å². The van der Waals surface area contributed by atoms with Crippen molar-refractivity contribution < 1.29 is 14.3 Å². The summed E-state index contributed by atoms with van der Waals surface area (Å²) in [6, 6.07) is 17.8. The van der Waals surface area contributed by atoms with Gasteiger partial charge >= 0.3 is 0 Å². The van der Waals surface area contributed by atoms with Gasteiger partial charge in [-0.25, -0.2) is 0 Å². The molecule has 0 fully saturated rings. The Morgan fingerprint density at radius 3 is 2.52 bits per heavy atom. The number of ether oxygens (including phenoxy) is 2. The fraction of sp³-hybridized carbons (Fsp3) is 0.105. The zero-order valence-electron chi connectivity index (χ0n) is 12.6. The van der Waals surface area contributed by atoms with Gasteiger partial charge in [0.25, 0.3) is 0 Å². The third kappa shape index (κ3) is 3.37. The van der Waals surface area contributed by atoms with E-state index in [-0.39, 0.29) is 0 Å². The molecule has 0 spiro atoms. The molecule has 0 aliphatic carbocycles. The van der Waals surface area contributed by atoms with Gasteiger partial charge in [0.1, 0.15) is 6.61 Å². The Morgan fingerprint density at radius 1 is 1.00 bits per heavy atom. The van der Waals surface area contributed by atoms with E-state index in [1.165, 1.54) is 10.8 Å². The van der Waals surface area contributed by atoms with Crippen molar-refractivity contribution in [1.82, 2.24) is 0 Å². The molecule has 0 aliphatic rings. The summed E-state index contributed by atoms with van der Waals surface area (Å²) in [5, 5.41) is 2.38. The van der Waals surface area contributed by atoms with E-state index in [0.717, 1.165) is 11.8 Å². The predicted molar refractivity (Wildman–Crippen MR) is 94.4 cm³/mol. The van der Waals surface area contributed by atoms with E-state index in [0.29, 0.717) is 28.1 Å². The fourth-order valence-corrected chi connectivity index (χ4v) is 2.82. The van der Waals surface area contributed by atoms with E-state index in [2.05, 4.69) is 40.2 Å². The Hall–Kier alpha value is -2.33. The third-order valence-electron chi connectivity index (χ3n) is 3.62. The molecule has 3 rings (SSSR count). The van der Waals surface area contributed by atoms with Crippen LogP contribution in [0.1, 0.15) is 15.9 Å². The van der Waals surface area contributed by atoms with Crippen molar-refractivity contribution in [2.24, 2.45) is 0 Å². The average molecular weight is 371 g/mol. The second-order valence-corrected chi connectivity index (χ2v) is 5.97. The number of hydrogen-bond acceptors (Lipinski definition) is 3. The lowest BCUT2D eigenvalue weighted by Gasteiger charge is -2.12. The van der Waals surface area contributed by atoms with Crippen molar-refractivity contribution in [3.8, 4) is 11.5 Å². The molecular formula is C19H15BrO3. The monoisotopic (exact) mass is 370 g/mol. The van der Waals surface area contributed by atoms with Crippen molar-refractivity contribution >= 4 is 33.0 Å². The Labute approximate surface area is 143 Å². The van der Waals surface area contributed by atoms with Crippen LogP contribution >= 0.6 is 15.9 Å². The Bertz CT molecular complexity index is 858. The van der Waals surface area contributed by atoms with Crippen LogP contribution < -0.4 is 9.47 Å². The highest BCUT2D eigenvalue weighted by molar-refractivity contribution is 9.10. The van der Waals surface area contributed by atoms with Crippen molar-refractivity contribution in [3.05, 3.63) is 70.2 Å². The highest BCUT2D eigenvalue weighted by Gasteiger charge is 2.10. The third-order valence-corrected chi connectivity index (χ3v) is 4.30. The molecule has 0 aromatic heterocycles. The first-order chi connectivity index (χ1) is 11.2. The molecule has 0 saturated heterocycles. The molecule has 0 heterocycles. The van der Waals surface area contributed by atoms with Gasteiger partial charge in [-0.1, -0.05) is 36.4 Å². The number of rotatable bonds is 5. The molecule has 0 unspecified atom stereocenters. The average Bonchev–Trinajstić information content (AvgIpc) is 2.59. The van der Waals surface area contributed by atoms with Crippen LogP contribution in [0.2, 0.25) is 0 Å². The zero-order chi connectivity index (χ0) is 16.2. The second kappa shape index (κ2) is 6.84. The van der Waals surface area contributed by atoms with Crippen molar-refractivity contribution in [2.75, 3.05) is 7.11 Å². The quantitative estimate of drug-likeness (QED) is 0.592. The zero-order valence-corrected chi connectivity index (χ0v) is 14.2. The summed E-state index contributed by atoms with van der Waals surface area (Å²) in [6.07, 6.45) is 0.777. The van der Waals surface area contributed by atoms with Gasteiger partial charge in [0.2, 0.25) is 0 Å². The van der Waals surface area contributed by atoms with Gasteiger partial charge in [-0.3, -0.25) is 4.79 Å². The van der Waals surface area contributed by atoms with E-state index < -0.39 is 0 Å². The minimum atomic E-state index is 0.425. The van der Waals surface area contributed by atoms with Gasteiger partial charge in [-0.15, -0.1) is 0 Å². The summed E-state index contributed by atoms with van der Waals surface area (Å²) in [7, 11) is 1.56. The van der Waals surface area contributed by atoms with E-state index in [9.17, 15) is 4.79 Å². The molecule has 0 saturated carbocycles. The number of carbonyl (C=O) groups is 1. The van der Waals surface area contributed by atoms with Gasteiger partial charge in [0, 0.05) is 10.0 Å². The summed E-state index contributed by atoms with van der Waals surface area (Å²) in [5.74, 6) is 1.13. The molecule has 0 N–H and O–H groups in total. The normalized spacial score (nSPS) is 10.5. The van der Waals surface area contributed by atoms with E-state index in [1.807, 2.05) is 18.2 Å². The Morgan fingerprint density at radius 2 is 1.78 bits per heavy atom. The molecule has 23 heavy (non-hydrogen) atoms. The molecule has 3 aromatic rings. The van der Waals surface area contributed by atoms with Crippen molar-refractivity contribution in [1.29, 1.82) is 0 Å². The molecule has 4 heteroatoms. The Balaban J connectivity index is 1.84. The van der Waals surface area contributed by atoms with Gasteiger partial charge in [-0.2, -0.15) is 0 Å². The largest absolute Gasteiger partial charge is 0.493 e. The molecule has 116 valence electrons. The van der Waals surface area contributed by atoms with Gasteiger partial charge in [0.15, 0.2) is 17.8 Å². The molecular weight excluding hydrogens is 356 g/mol. The predicted octanol–water partition coefficient (Wildman–Crippen LogP) is 5.00. The second-order valence-electron chi connectivity index (χ2n) is 5.11. The van der Waals surface area contributed by atoms with Crippen molar-refractivity contribution in [3.63, 3.8) is 0 Å². The number of fused-ring (bicyclic) bond motifs is 1. The van der Waals surface area contributed by atoms with Gasteiger partial charge in [0.05, 0.1) is 7.11 Å². The number of halogens is 1. The minimum Gasteiger partial charge on any atom is -0.493 e. The van der Waals surface area contributed by atoms with Crippen LogP contribution in [0.3, 0.4) is 0 Å². The standard InChI is InChI=1S/C19H15BrO3/c1-22-18-9-16(11-21)17(20)10-19(18)23-12-13-6-7-14-4-2-3-5-15(14)8-13/h2-11H,12H2,1H3. The maximum atomic E-state index is 11.0. The van der Waals surface area contributed by atoms with Gasteiger partial charge < -0.3 is 9.47 Å². The summed E-state index contributed by atoms with van der Waals surface area (Å²) >= 11 is 3.36. The number of hydrogen-bond donors (Lipinski definition) is 0. The van der Waals surface area contributed by atoms with Crippen LogP contribution in [-0.2, 0) is 6.61 Å². The fourth-order valence-electron chi connectivity index (χ4n) is 2.40. The molecule has 0 amide bonds. The van der Waals surface area contributed by atoms with Crippen LogP contribution in [0.4, 0.5) is 0 Å². The topological polar surface area (TPSA) is 35.5 Å². The number of carbonyl (C=O) groups excluding carboxylic acids is 1. The van der Waals surface area contributed by atoms with Crippen molar-refractivity contribution in [2.45, 2.75) is 6.61 Å². The number of methoxy groups -OCH3 is 1. The molecule has 0 aliphatic heterocycles. The maximum Gasteiger partial charge on any atom is 0.162 e. The summed E-state index contributed by atoms with van der Waals surface area (Å²) in [6.45, 7) is 0.425. The summed E-state index contributed by atoms with van der Waals surface area (Å²) in [5.41, 5.74) is 1.60. The summed E-state index contributed by atoms with van der Waals surface area (Å²) in [4.78, 5) is 11.0. The lowest BCUT2D eigenvalue weighted by atomic mass is 10.1. The number of aldehydes is 1. The molecule has 3 aromatic carbocycles. The van der Waals surface area contributed by atoms with E-state index >= 15 is 0 Å². The maximum absolute atomic E-state index is 11.0. The van der Waals surface area contributed by atoms with Crippen LogP contribution in [0.5, 0.6) is 11.5 Å². The smallest absolute Gasteiger partial charge is 0.162 e. The van der Waals surface area contributed by atoms with Crippen LogP contribution in [-0.4, -0.2) is 13.4 Å². The van der Waals surface area contributed by atoms with Crippen LogP contribution in [0.15, 0.2) is 59.1 Å². The van der Waals surface area contributed by atoms with E-state index in [1.54, 1.807) is 19.2 Å². The van der Waals surface area contributed by atoms with Crippen LogP contribution in [0, 0.1) is 0 Å². The molecule has 3 nitrogen and oxygen atoms in total.